The molecule has 158 valence electrons. The Hall–Kier alpha value is -3.48. The van der Waals surface area contributed by atoms with E-state index >= 15 is 0 Å². The van der Waals surface area contributed by atoms with Crippen LogP contribution in [0.4, 0.5) is 0 Å². The molecular weight excluding hydrogens is 386 g/mol. The maximum Gasteiger partial charge on any atom is 0.295 e. The Balaban J connectivity index is 2.26. The van der Waals surface area contributed by atoms with Crippen LogP contribution < -0.4 is 14.2 Å². The third-order valence-electron chi connectivity index (χ3n) is 5.10. The first kappa shape index (κ1) is 21.2. The molecule has 1 amide bonds. The monoisotopic (exact) mass is 411 g/mol. The molecule has 2 aromatic rings. The molecule has 1 heterocycles. The zero-order valence-electron chi connectivity index (χ0n) is 17.5. The Bertz CT molecular complexity index is 997. The van der Waals surface area contributed by atoms with Crippen LogP contribution in [0.3, 0.4) is 0 Å². The van der Waals surface area contributed by atoms with E-state index in [0.717, 1.165) is 0 Å². The predicted molar refractivity (Wildman–Crippen MR) is 112 cm³/mol. The summed E-state index contributed by atoms with van der Waals surface area (Å²) in [5.41, 5.74) is 0.927. The van der Waals surface area contributed by atoms with Crippen molar-refractivity contribution in [3.63, 3.8) is 0 Å². The van der Waals surface area contributed by atoms with Crippen molar-refractivity contribution < 1.29 is 28.9 Å². The van der Waals surface area contributed by atoms with Crippen molar-refractivity contribution in [2.24, 2.45) is 0 Å². The number of benzene rings is 2. The van der Waals surface area contributed by atoms with Crippen molar-refractivity contribution >= 4 is 17.4 Å². The number of para-hydroxylation sites is 1. The highest BCUT2D eigenvalue weighted by atomic mass is 16.5. The Morgan fingerprint density at radius 3 is 2.33 bits per heavy atom. The highest BCUT2D eigenvalue weighted by Gasteiger charge is 2.46. The van der Waals surface area contributed by atoms with Crippen molar-refractivity contribution in [1.82, 2.24) is 4.90 Å². The Morgan fingerprint density at radius 2 is 1.70 bits per heavy atom. The number of hydrogen-bond acceptors (Lipinski definition) is 6. The van der Waals surface area contributed by atoms with Crippen LogP contribution in [0, 0.1) is 0 Å². The number of hydrogen-bond donors (Lipinski definition) is 1. The van der Waals surface area contributed by atoms with Gasteiger partial charge in [-0.1, -0.05) is 25.1 Å². The van der Waals surface area contributed by atoms with Crippen LogP contribution in [-0.2, 0) is 9.59 Å². The number of nitrogens with zero attached hydrogens (tertiary/aromatic N) is 1. The van der Waals surface area contributed by atoms with Crippen molar-refractivity contribution in [3.8, 4) is 17.2 Å². The summed E-state index contributed by atoms with van der Waals surface area (Å²) in [6, 6.07) is 11.2. The number of likely N-dealkylation sites (tertiary alicyclic amines) is 1. The van der Waals surface area contributed by atoms with Gasteiger partial charge in [-0.05, 0) is 24.6 Å². The van der Waals surface area contributed by atoms with E-state index in [4.69, 9.17) is 14.2 Å². The van der Waals surface area contributed by atoms with Crippen LogP contribution in [0.2, 0.25) is 0 Å². The molecule has 1 atom stereocenters. The van der Waals surface area contributed by atoms with Gasteiger partial charge >= 0.3 is 0 Å². The number of rotatable bonds is 7. The fraction of sp³-hybridized carbons (Fsp3) is 0.304. The van der Waals surface area contributed by atoms with Gasteiger partial charge in [-0.3, -0.25) is 9.59 Å². The summed E-state index contributed by atoms with van der Waals surface area (Å²) in [6.45, 7) is 2.29. The molecule has 7 heteroatoms. The molecule has 0 spiro atoms. The first-order chi connectivity index (χ1) is 14.5. The van der Waals surface area contributed by atoms with Crippen LogP contribution in [0.1, 0.15) is 30.5 Å². The number of carbonyl (C=O) groups is 2. The van der Waals surface area contributed by atoms with Gasteiger partial charge in [-0.2, -0.15) is 0 Å². The SMILES string of the molecule is CCCN1C(=O)C(=O)/C(=C(/O)c2ccc(OC)cc2OC)C1c1ccccc1OC. The zero-order valence-corrected chi connectivity index (χ0v) is 17.5. The summed E-state index contributed by atoms with van der Waals surface area (Å²) < 4.78 is 16.1. The average molecular weight is 411 g/mol. The summed E-state index contributed by atoms with van der Waals surface area (Å²) in [6.07, 6.45) is 0.657. The molecular formula is C23H25NO6. The molecule has 0 bridgehead atoms. The van der Waals surface area contributed by atoms with Gasteiger partial charge in [0.05, 0.1) is 38.5 Å². The van der Waals surface area contributed by atoms with Gasteiger partial charge in [0.15, 0.2) is 0 Å². The first-order valence-electron chi connectivity index (χ1n) is 9.62. The maximum atomic E-state index is 13.0. The van der Waals surface area contributed by atoms with E-state index in [9.17, 15) is 14.7 Å². The van der Waals surface area contributed by atoms with Gasteiger partial charge < -0.3 is 24.2 Å². The number of methoxy groups -OCH3 is 3. The second-order valence-corrected chi connectivity index (χ2v) is 6.80. The van der Waals surface area contributed by atoms with Gasteiger partial charge in [-0.25, -0.2) is 0 Å². The minimum absolute atomic E-state index is 0.00131. The summed E-state index contributed by atoms with van der Waals surface area (Å²) in [4.78, 5) is 27.3. The summed E-state index contributed by atoms with van der Waals surface area (Å²) in [5, 5.41) is 11.2. The summed E-state index contributed by atoms with van der Waals surface area (Å²) >= 11 is 0. The third kappa shape index (κ3) is 3.58. The molecule has 7 nitrogen and oxygen atoms in total. The highest BCUT2D eigenvalue weighted by molar-refractivity contribution is 6.46. The van der Waals surface area contributed by atoms with Crippen LogP contribution in [0.5, 0.6) is 17.2 Å². The fourth-order valence-electron chi connectivity index (χ4n) is 3.71. The van der Waals surface area contributed by atoms with Crippen molar-refractivity contribution in [2.45, 2.75) is 19.4 Å². The smallest absolute Gasteiger partial charge is 0.295 e. The lowest BCUT2D eigenvalue weighted by Crippen LogP contribution is -2.30. The van der Waals surface area contributed by atoms with Crippen molar-refractivity contribution in [2.75, 3.05) is 27.9 Å². The largest absolute Gasteiger partial charge is 0.507 e. The molecule has 0 aromatic heterocycles. The van der Waals surface area contributed by atoms with E-state index in [1.54, 1.807) is 42.5 Å². The highest BCUT2D eigenvalue weighted by Crippen LogP contribution is 2.44. The molecule has 0 saturated carbocycles. The minimum atomic E-state index is -0.770. The van der Waals surface area contributed by atoms with Crippen LogP contribution in [0.25, 0.3) is 5.76 Å². The molecule has 2 aromatic carbocycles. The minimum Gasteiger partial charge on any atom is -0.507 e. The van der Waals surface area contributed by atoms with Crippen molar-refractivity contribution in [1.29, 1.82) is 0 Å². The topological polar surface area (TPSA) is 85.3 Å². The van der Waals surface area contributed by atoms with Crippen molar-refractivity contribution in [3.05, 3.63) is 59.2 Å². The Kier molecular flexibility index (Phi) is 6.30. The lowest BCUT2D eigenvalue weighted by Gasteiger charge is -2.26. The van der Waals surface area contributed by atoms with Crippen LogP contribution in [-0.4, -0.2) is 49.6 Å². The molecule has 3 rings (SSSR count). The van der Waals surface area contributed by atoms with E-state index in [1.807, 2.05) is 6.92 Å². The van der Waals surface area contributed by atoms with Crippen LogP contribution >= 0.6 is 0 Å². The number of ether oxygens (including phenoxy) is 3. The maximum absolute atomic E-state index is 13.0. The number of ketones is 1. The second kappa shape index (κ2) is 8.90. The molecule has 0 aliphatic carbocycles. The van der Waals surface area contributed by atoms with Gasteiger partial charge in [0, 0.05) is 18.2 Å². The molecule has 1 unspecified atom stereocenters. The van der Waals surface area contributed by atoms with Gasteiger partial charge in [0.25, 0.3) is 11.7 Å². The third-order valence-corrected chi connectivity index (χ3v) is 5.10. The van der Waals surface area contributed by atoms with E-state index in [-0.39, 0.29) is 11.3 Å². The second-order valence-electron chi connectivity index (χ2n) is 6.80. The molecule has 1 aliphatic rings. The molecule has 30 heavy (non-hydrogen) atoms. The Labute approximate surface area is 175 Å². The van der Waals surface area contributed by atoms with Gasteiger partial charge in [-0.15, -0.1) is 0 Å². The number of aliphatic hydroxyl groups excluding tert-OH is 1. The molecule has 1 fully saturated rings. The lowest BCUT2D eigenvalue weighted by molar-refractivity contribution is -0.139. The lowest BCUT2D eigenvalue weighted by atomic mass is 9.94. The van der Waals surface area contributed by atoms with E-state index < -0.39 is 17.7 Å². The number of aliphatic hydroxyl groups is 1. The molecule has 1 saturated heterocycles. The van der Waals surface area contributed by atoms with E-state index in [1.165, 1.54) is 26.2 Å². The molecule has 1 aliphatic heterocycles. The predicted octanol–water partition coefficient (Wildman–Crippen LogP) is 3.54. The number of Topliss-reactive ketones (excluding diaryl/α,β-unsaturated/α-hetero) is 1. The number of amides is 1. The van der Waals surface area contributed by atoms with E-state index in [2.05, 4.69) is 0 Å². The van der Waals surface area contributed by atoms with Crippen LogP contribution in [0.15, 0.2) is 48.0 Å². The molecule has 1 N–H and O–H groups in total. The Morgan fingerprint density at radius 1 is 1.00 bits per heavy atom. The molecule has 0 radical (unpaired) electrons. The quantitative estimate of drug-likeness (QED) is 0.426. The average Bonchev–Trinajstić information content (AvgIpc) is 3.03. The normalized spacial score (nSPS) is 17.9. The number of carbonyl (C=O) groups excluding carboxylic acids is 2. The first-order valence-corrected chi connectivity index (χ1v) is 9.62. The van der Waals surface area contributed by atoms with E-state index in [0.29, 0.717) is 41.3 Å². The fourth-order valence-corrected chi connectivity index (χ4v) is 3.71. The van der Waals surface area contributed by atoms with Gasteiger partial charge in [0.1, 0.15) is 23.0 Å². The summed E-state index contributed by atoms with van der Waals surface area (Å²) in [5.74, 6) is -0.305. The summed E-state index contributed by atoms with van der Waals surface area (Å²) in [7, 11) is 4.50. The van der Waals surface area contributed by atoms with Gasteiger partial charge in [0.2, 0.25) is 0 Å². The standard InChI is InChI=1S/C23H25NO6/c1-5-12-24-20(15-8-6-7-9-17(15)29-3)19(22(26)23(24)27)21(25)16-11-10-14(28-2)13-18(16)30-4/h6-11,13,20,25H,5,12H2,1-4H3/b21-19+. The zero-order chi connectivity index (χ0) is 21.8.